The number of rotatable bonds is 5. The smallest absolute Gasteiger partial charge is 0.118 e. The van der Waals surface area contributed by atoms with Gasteiger partial charge in [-0.1, -0.05) is 0 Å². The number of ether oxygens (including phenoxy) is 1. The molecule has 1 aromatic heterocycles. The van der Waals surface area contributed by atoms with Crippen LogP contribution in [0.5, 0.6) is 0 Å². The fourth-order valence-electron chi connectivity index (χ4n) is 2.64. The van der Waals surface area contributed by atoms with E-state index in [4.69, 9.17) is 9.15 Å². The SMILES string of the molecule is Cc1oc(CN2CCOC(C)C2)cc1CNC1CC1. The number of furan rings is 1. The van der Waals surface area contributed by atoms with Crippen LogP contribution < -0.4 is 5.32 Å². The maximum atomic E-state index is 5.88. The molecule has 1 aliphatic carbocycles. The Morgan fingerprint density at radius 2 is 2.26 bits per heavy atom. The Labute approximate surface area is 115 Å². The zero-order valence-electron chi connectivity index (χ0n) is 11.9. The quantitative estimate of drug-likeness (QED) is 0.883. The molecule has 1 aliphatic heterocycles. The van der Waals surface area contributed by atoms with Crippen LogP contribution in [0.3, 0.4) is 0 Å². The minimum atomic E-state index is 0.334. The van der Waals surface area contributed by atoms with Crippen molar-refractivity contribution in [2.24, 2.45) is 0 Å². The Morgan fingerprint density at radius 3 is 3.00 bits per heavy atom. The minimum Gasteiger partial charge on any atom is -0.465 e. The second-order valence-corrected chi connectivity index (χ2v) is 5.87. The van der Waals surface area contributed by atoms with Crippen LogP contribution in [-0.4, -0.2) is 36.7 Å². The second-order valence-electron chi connectivity index (χ2n) is 5.87. The molecule has 1 saturated carbocycles. The van der Waals surface area contributed by atoms with Crippen molar-refractivity contribution in [3.8, 4) is 0 Å². The monoisotopic (exact) mass is 264 g/mol. The summed E-state index contributed by atoms with van der Waals surface area (Å²) in [4.78, 5) is 2.41. The molecule has 1 saturated heterocycles. The molecule has 0 aromatic carbocycles. The van der Waals surface area contributed by atoms with Crippen LogP contribution in [0.25, 0.3) is 0 Å². The summed E-state index contributed by atoms with van der Waals surface area (Å²) in [5.41, 5.74) is 1.31. The first-order valence-electron chi connectivity index (χ1n) is 7.36. The molecular formula is C15H24N2O2. The van der Waals surface area contributed by atoms with Gasteiger partial charge in [0.05, 0.1) is 19.3 Å². The third-order valence-corrected chi connectivity index (χ3v) is 3.93. The van der Waals surface area contributed by atoms with E-state index < -0.39 is 0 Å². The molecule has 1 N–H and O–H groups in total. The average Bonchev–Trinajstić information content (AvgIpc) is 3.12. The van der Waals surface area contributed by atoms with Crippen molar-refractivity contribution < 1.29 is 9.15 Å². The molecule has 0 bridgehead atoms. The molecule has 2 aliphatic rings. The highest BCUT2D eigenvalue weighted by Crippen LogP contribution is 2.22. The minimum absolute atomic E-state index is 0.334. The summed E-state index contributed by atoms with van der Waals surface area (Å²) < 4.78 is 11.4. The van der Waals surface area contributed by atoms with E-state index in [0.717, 1.165) is 50.3 Å². The lowest BCUT2D eigenvalue weighted by molar-refractivity contribution is -0.0231. The summed E-state index contributed by atoms with van der Waals surface area (Å²) in [5, 5.41) is 3.54. The van der Waals surface area contributed by atoms with Gasteiger partial charge in [-0.3, -0.25) is 4.90 Å². The van der Waals surface area contributed by atoms with E-state index >= 15 is 0 Å². The molecule has 19 heavy (non-hydrogen) atoms. The van der Waals surface area contributed by atoms with Crippen LogP contribution in [0.15, 0.2) is 10.5 Å². The second kappa shape index (κ2) is 5.65. The topological polar surface area (TPSA) is 37.6 Å². The number of nitrogens with zero attached hydrogens (tertiary/aromatic N) is 1. The molecule has 1 aromatic rings. The van der Waals surface area contributed by atoms with Crippen LogP contribution >= 0.6 is 0 Å². The average molecular weight is 264 g/mol. The van der Waals surface area contributed by atoms with E-state index in [1.54, 1.807) is 0 Å². The van der Waals surface area contributed by atoms with Gasteiger partial charge in [-0.2, -0.15) is 0 Å². The molecule has 4 heteroatoms. The van der Waals surface area contributed by atoms with Crippen LogP contribution in [0, 0.1) is 6.92 Å². The van der Waals surface area contributed by atoms with E-state index in [1.165, 1.54) is 18.4 Å². The van der Waals surface area contributed by atoms with Crippen molar-refractivity contribution >= 4 is 0 Å². The molecule has 1 unspecified atom stereocenters. The van der Waals surface area contributed by atoms with Crippen LogP contribution in [-0.2, 0) is 17.8 Å². The highest BCUT2D eigenvalue weighted by molar-refractivity contribution is 5.21. The highest BCUT2D eigenvalue weighted by Gasteiger charge is 2.22. The molecule has 3 rings (SSSR count). The maximum Gasteiger partial charge on any atom is 0.118 e. The highest BCUT2D eigenvalue weighted by atomic mass is 16.5. The Kier molecular flexibility index (Phi) is 3.91. The predicted molar refractivity (Wildman–Crippen MR) is 74.0 cm³/mol. The van der Waals surface area contributed by atoms with Gasteiger partial charge < -0.3 is 14.5 Å². The number of nitrogens with one attached hydrogen (secondary N) is 1. The Hall–Kier alpha value is -0.840. The molecule has 106 valence electrons. The summed E-state index contributed by atoms with van der Waals surface area (Å²) >= 11 is 0. The number of hydrogen-bond donors (Lipinski definition) is 1. The summed E-state index contributed by atoms with van der Waals surface area (Å²) in [6.45, 7) is 8.86. The number of hydrogen-bond acceptors (Lipinski definition) is 4. The van der Waals surface area contributed by atoms with Gasteiger partial charge in [-0.25, -0.2) is 0 Å². The number of morpholine rings is 1. The van der Waals surface area contributed by atoms with E-state index in [1.807, 2.05) is 0 Å². The van der Waals surface area contributed by atoms with Gasteiger partial charge in [0.15, 0.2) is 0 Å². The van der Waals surface area contributed by atoms with Crippen molar-refractivity contribution in [2.75, 3.05) is 19.7 Å². The summed E-state index contributed by atoms with van der Waals surface area (Å²) in [6.07, 6.45) is 2.99. The molecule has 0 spiro atoms. The van der Waals surface area contributed by atoms with E-state index in [0.29, 0.717) is 6.10 Å². The van der Waals surface area contributed by atoms with Gasteiger partial charge in [0.2, 0.25) is 0 Å². The Bertz CT molecular complexity index is 426. The molecule has 4 nitrogen and oxygen atoms in total. The fraction of sp³-hybridized carbons (Fsp3) is 0.733. The van der Waals surface area contributed by atoms with E-state index in [-0.39, 0.29) is 0 Å². The normalized spacial score (nSPS) is 24.8. The Morgan fingerprint density at radius 1 is 1.42 bits per heavy atom. The van der Waals surface area contributed by atoms with Crippen molar-refractivity contribution in [3.63, 3.8) is 0 Å². The molecular weight excluding hydrogens is 240 g/mol. The summed E-state index contributed by atoms with van der Waals surface area (Å²) in [7, 11) is 0. The van der Waals surface area contributed by atoms with Gasteiger partial charge in [0.1, 0.15) is 11.5 Å². The van der Waals surface area contributed by atoms with Gasteiger partial charge in [0, 0.05) is 31.2 Å². The first kappa shape index (κ1) is 13.2. The Balaban J connectivity index is 1.56. The van der Waals surface area contributed by atoms with Crippen molar-refractivity contribution in [1.29, 1.82) is 0 Å². The zero-order valence-corrected chi connectivity index (χ0v) is 11.9. The fourth-order valence-corrected chi connectivity index (χ4v) is 2.64. The number of aryl methyl sites for hydroxylation is 1. The van der Waals surface area contributed by atoms with Crippen molar-refractivity contribution in [2.45, 2.75) is 51.9 Å². The molecule has 2 fully saturated rings. The van der Waals surface area contributed by atoms with Crippen LogP contribution in [0.4, 0.5) is 0 Å². The lowest BCUT2D eigenvalue weighted by Crippen LogP contribution is -2.40. The molecule has 1 atom stereocenters. The largest absolute Gasteiger partial charge is 0.465 e. The van der Waals surface area contributed by atoms with Crippen LogP contribution in [0.1, 0.15) is 36.8 Å². The maximum absolute atomic E-state index is 5.88. The van der Waals surface area contributed by atoms with E-state index in [9.17, 15) is 0 Å². The molecule has 2 heterocycles. The van der Waals surface area contributed by atoms with Crippen molar-refractivity contribution in [1.82, 2.24) is 10.2 Å². The van der Waals surface area contributed by atoms with Crippen molar-refractivity contribution in [3.05, 3.63) is 23.2 Å². The van der Waals surface area contributed by atoms with E-state index in [2.05, 4.69) is 30.1 Å². The summed E-state index contributed by atoms with van der Waals surface area (Å²) in [5.74, 6) is 2.14. The van der Waals surface area contributed by atoms with Crippen LogP contribution in [0.2, 0.25) is 0 Å². The summed E-state index contributed by atoms with van der Waals surface area (Å²) in [6, 6.07) is 2.96. The lowest BCUT2D eigenvalue weighted by atomic mass is 10.2. The third-order valence-electron chi connectivity index (χ3n) is 3.93. The van der Waals surface area contributed by atoms with Gasteiger partial charge in [0.25, 0.3) is 0 Å². The van der Waals surface area contributed by atoms with Gasteiger partial charge in [-0.15, -0.1) is 0 Å². The van der Waals surface area contributed by atoms with Gasteiger partial charge >= 0.3 is 0 Å². The first-order valence-corrected chi connectivity index (χ1v) is 7.36. The third kappa shape index (κ3) is 3.59. The zero-order chi connectivity index (χ0) is 13.2. The van der Waals surface area contributed by atoms with Gasteiger partial charge in [-0.05, 0) is 32.8 Å². The molecule has 0 amide bonds. The standard InChI is InChI=1S/C15H24N2O2/c1-11-9-17(5-6-18-11)10-15-7-13(12(2)19-15)8-16-14-3-4-14/h7,11,14,16H,3-6,8-10H2,1-2H3. The predicted octanol–water partition coefficient (Wildman–Crippen LogP) is 2.06. The molecule has 0 radical (unpaired) electrons. The lowest BCUT2D eigenvalue weighted by Gasteiger charge is -2.30. The first-order chi connectivity index (χ1) is 9.20.